The summed E-state index contributed by atoms with van der Waals surface area (Å²) in [6, 6.07) is 4.54. The molecule has 0 aliphatic heterocycles. The van der Waals surface area contributed by atoms with Crippen molar-refractivity contribution >= 4 is 35.2 Å². The summed E-state index contributed by atoms with van der Waals surface area (Å²) in [7, 11) is 0. The van der Waals surface area contributed by atoms with Gasteiger partial charge in [0.25, 0.3) is 11.8 Å². The van der Waals surface area contributed by atoms with Crippen LogP contribution in [0.15, 0.2) is 41.0 Å². The zero-order valence-electron chi connectivity index (χ0n) is 14.9. The van der Waals surface area contributed by atoms with Gasteiger partial charge in [0.2, 0.25) is 0 Å². The molecular formula is C18H18F2N2O5S. The summed E-state index contributed by atoms with van der Waals surface area (Å²) >= 11 is 1.46. The number of carbonyl (C=O) groups is 3. The van der Waals surface area contributed by atoms with Gasteiger partial charge in [-0.2, -0.15) is 11.8 Å². The third-order valence-corrected chi connectivity index (χ3v) is 4.14. The number of anilines is 1. The van der Waals surface area contributed by atoms with Gasteiger partial charge in [-0.05, 0) is 42.7 Å². The highest BCUT2D eigenvalue weighted by atomic mass is 32.2. The maximum atomic E-state index is 13.5. The zero-order valence-corrected chi connectivity index (χ0v) is 15.7. The standard InChI is InChI=1S/C18H18F2N2O5S/c1-28-8-6-13(22-17(24)15-3-2-7-26-15)18(25)27-10-16(23)21-14-9-11(19)4-5-12(14)20/h2-5,7,9,13H,6,8,10H2,1H3,(H,21,23)(H,22,24)/t13-/m0/s1. The van der Waals surface area contributed by atoms with Crippen molar-refractivity contribution in [1.82, 2.24) is 5.32 Å². The van der Waals surface area contributed by atoms with Crippen LogP contribution in [0.2, 0.25) is 0 Å². The molecule has 0 saturated heterocycles. The Labute approximate surface area is 163 Å². The Balaban J connectivity index is 1.91. The molecule has 1 atom stereocenters. The lowest BCUT2D eigenvalue weighted by atomic mass is 10.2. The van der Waals surface area contributed by atoms with Gasteiger partial charge in [0.1, 0.15) is 17.7 Å². The van der Waals surface area contributed by atoms with Crippen molar-refractivity contribution in [2.24, 2.45) is 0 Å². The Morgan fingerprint density at radius 2 is 2.04 bits per heavy atom. The molecule has 0 saturated carbocycles. The van der Waals surface area contributed by atoms with Gasteiger partial charge in [0, 0.05) is 6.07 Å². The lowest BCUT2D eigenvalue weighted by Gasteiger charge is -2.16. The molecule has 0 spiro atoms. The van der Waals surface area contributed by atoms with Crippen LogP contribution >= 0.6 is 11.8 Å². The van der Waals surface area contributed by atoms with Gasteiger partial charge >= 0.3 is 5.97 Å². The molecule has 0 bridgehead atoms. The maximum absolute atomic E-state index is 13.5. The van der Waals surface area contributed by atoms with Crippen LogP contribution in [-0.4, -0.2) is 42.4 Å². The molecule has 0 aliphatic carbocycles. The largest absolute Gasteiger partial charge is 0.459 e. The average molecular weight is 412 g/mol. The second kappa shape index (κ2) is 10.5. The van der Waals surface area contributed by atoms with Crippen LogP contribution < -0.4 is 10.6 Å². The Morgan fingerprint density at radius 3 is 2.71 bits per heavy atom. The molecule has 150 valence electrons. The summed E-state index contributed by atoms with van der Waals surface area (Å²) in [4.78, 5) is 36.1. The van der Waals surface area contributed by atoms with E-state index in [1.54, 1.807) is 0 Å². The Bertz CT molecular complexity index is 829. The molecule has 0 fully saturated rings. The first-order valence-electron chi connectivity index (χ1n) is 8.15. The zero-order chi connectivity index (χ0) is 20.5. The molecule has 2 aromatic rings. The summed E-state index contributed by atoms with van der Waals surface area (Å²) in [5, 5.41) is 4.60. The molecule has 1 heterocycles. The number of hydrogen-bond acceptors (Lipinski definition) is 6. The lowest BCUT2D eigenvalue weighted by molar-refractivity contribution is -0.149. The van der Waals surface area contributed by atoms with Crippen molar-refractivity contribution in [2.45, 2.75) is 12.5 Å². The lowest BCUT2D eigenvalue weighted by Crippen LogP contribution is -2.43. The molecule has 1 aromatic carbocycles. The van der Waals surface area contributed by atoms with E-state index in [9.17, 15) is 23.2 Å². The van der Waals surface area contributed by atoms with Crippen molar-refractivity contribution in [1.29, 1.82) is 0 Å². The van der Waals surface area contributed by atoms with Gasteiger partial charge in [-0.3, -0.25) is 9.59 Å². The minimum Gasteiger partial charge on any atom is -0.459 e. The predicted octanol–water partition coefficient (Wildman–Crippen LogP) is 2.59. The number of halogens is 2. The molecule has 0 aliphatic rings. The average Bonchev–Trinajstić information content (AvgIpc) is 3.21. The summed E-state index contributed by atoms with van der Waals surface area (Å²) in [6.45, 7) is -0.721. The molecule has 10 heteroatoms. The molecule has 0 radical (unpaired) electrons. The van der Waals surface area contributed by atoms with Crippen molar-refractivity contribution in [3.63, 3.8) is 0 Å². The summed E-state index contributed by atoms with van der Waals surface area (Å²) in [5.74, 6) is -3.25. The highest BCUT2D eigenvalue weighted by molar-refractivity contribution is 7.98. The van der Waals surface area contributed by atoms with E-state index in [1.807, 2.05) is 6.26 Å². The van der Waals surface area contributed by atoms with E-state index in [0.717, 1.165) is 18.2 Å². The number of furan rings is 1. The third kappa shape index (κ3) is 6.38. The Hall–Kier alpha value is -2.88. The van der Waals surface area contributed by atoms with Gasteiger partial charge in [-0.25, -0.2) is 13.6 Å². The van der Waals surface area contributed by atoms with Crippen molar-refractivity contribution in [3.05, 3.63) is 54.0 Å². The van der Waals surface area contributed by atoms with Gasteiger partial charge in [0.05, 0.1) is 12.0 Å². The van der Waals surface area contributed by atoms with E-state index in [2.05, 4.69) is 10.6 Å². The van der Waals surface area contributed by atoms with E-state index in [4.69, 9.17) is 9.15 Å². The molecule has 2 rings (SSSR count). The number of carbonyl (C=O) groups excluding carboxylic acids is 3. The summed E-state index contributed by atoms with van der Waals surface area (Å²) in [5.41, 5.74) is -0.369. The number of benzene rings is 1. The Morgan fingerprint density at radius 1 is 1.25 bits per heavy atom. The van der Waals surface area contributed by atoms with E-state index >= 15 is 0 Å². The third-order valence-electron chi connectivity index (χ3n) is 3.49. The summed E-state index contributed by atoms with van der Waals surface area (Å²) < 4.78 is 36.5. The fraction of sp³-hybridized carbons (Fsp3) is 0.278. The highest BCUT2D eigenvalue weighted by Gasteiger charge is 2.24. The van der Waals surface area contributed by atoms with Crippen LogP contribution in [0.4, 0.5) is 14.5 Å². The molecule has 2 N–H and O–H groups in total. The number of amides is 2. The molecule has 28 heavy (non-hydrogen) atoms. The van der Waals surface area contributed by atoms with E-state index in [1.165, 1.54) is 30.2 Å². The van der Waals surface area contributed by atoms with Crippen molar-refractivity contribution < 1.29 is 32.3 Å². The molecule has 0 unspecified atom stereocenters. The van der Waals surface area contributed by atoms with Crippen LogP contribution in [0, 0.1) is 11.6 Å². The van der Waals surface area contributed by atoms with E-state index < -0.39 is 42.1 Å². The molecular weight excluding hydrogens is 394 g/mol. The van der Waals surface area contributed by atoms with Crippen molar-refractivity contribution in [2.75, 3.05) is 23.9 Å². The Kier molecular flexibility index (Phi) is 8.00. The van der Waals surface area contributed by atoms with Gasteiger partial charge in [-0.15, -0.1) is 0 Å². The number of rotatable bonds is 9. The van der Waals surface area contributed by atoms with Gasteiger partial charge < -0.3 is 19.8 Å². The van der Waals surface area contributed by atoms with Crippen LogP contribution in [0.1, 0.15) is 17.0 Å². The molecule has 2 amide bonds. The van der Waals surface area contributed by atoms with Gasteiger partial charge in [-0.1, -0.05) is 0 Å². The van der Waals surface area contributed by atoms with Crippen LogP contribution in [-0.2, 0) is 14.3 Å². The minimum atomic E-state index is -0.997. The van der Waals surface area contributed by atoms with Crippen molar-refractivity contribution in [3.8, 4) is 0 Å². The first-order valence-corrected chi connectivity index (χ1v) is 9.55. The fourth-order valence-electron chi connectivity index (χ4n) is 2.14. The topological polar surface area (TPSA) is 97.6 Å². The number of thioether (sulfide) groups is 1. The minimum absolute atomic E-state index is 0.0290. The predicted molar refractivity (Wildman–Crippen MR) is 98.9 cm³/mol. The van der Waals surface area contributed by atoms with Crippen LogP contribution in [0.3, 0.4) is 0 Å². The number of ether oxygens (including phenoxy) is 1. The first-order chi connectivity index (χ1) is 13.4. The molecule has 7 nitrogen and oxygen atoms in total. The quantitative estimate of drug-likeness (QED) is 0.615. The molecule has 1 aromatic heterocycles. The number of nitrogens with one attached hydrogen (secondary N) is 2. The fourth-order valence-corrected chi connectivity index (χ4v) is 2.61. The van der Waals surface area contributed by atoms with E-state index in [0.29, 0.717) is 5.75 Å². The summed E-state index contributed by atoms with van der Waals surface area (Å²) in [6.07, 6.45) is 3.42. The SMILES string of the molecule is CSCC[C@H](NC(=O)c1ccco1)C(=O)OCC(=O)Nc1cc(F)ccc1F. The smallest absolute Gasteiger partial charge is 0.329 e. The van der Waals surface area contributed by atoms with Crippen LogP contribution in [0.25, 0.3) is 0 Å². The highest BCUT2D eigenvalue weighted by Crippen LogP contribution is 2.15. The van der Waals surface area contributed by atoms with Gasteiger partial charge in [0.15, 0.2) is 12.4 Å². The monoisotopic (exact) mass is 412 g/mol. The second-order valence-electron chi connectivity index (χ2n) is 5.56. The first kappa shape index (κ1) is 21.4. The van der Waals surface area contributed by atoms with E-state index in [-0.39, 0.29) is 17.9 Å². The number of hydrogen-bond donors (Lipinski definition) is 2. The van der Waals surface area contributed by atoms with Crippen LogP contribution in [0.5, 0.6) is 0 Å². The second-order valence-corrected chi connectivity index (χ2v) is 6.55. The normalized spacial score (nSPS) is 11.5. The number of esters is 1. The maximum Gasteiger partial charge on any atom is 0.329 e.